The first-order valence-electron chi connectivity index (χ1n) is 15.3. The predicted molar refractivity (Wildman–Crippen MR) is 172 cm³/mol. The number of allylic oxidation sites excluding steroid dienone is 1. The first-order valence-corrected chi connectivity index (χ1v) is 15.6. The van der Waals surface area contributed by atoms with Gasteiger partial charge in [-0.25, -0.2) is 4.39 Å². The van der Waals surface area contributed by atoms with Crippen LogP contribution >= 0.6 is 11.6 Å². The van der Waals surface area contributed by atoms with E-state index in [1.54, 1.807) is 6.07 Å². The van der Waals surface area contributed by atoms with Crippen molar-refractivity contribution in [2.45, 2.75) is 57.8 Å². The van der Waals surface area contributed by atoms with Gasteiger partial charge in [0.1, 0.15) is 23.9 Å². The zero-order valence-electron chi connectivity index (χ0n) is 24.7. The molecule has 3 aromatic rings. The van der Waals surface area contributed by atoms with E-state index in [-0.39, 0.29) is 19.0 Å². The fourth-order valence-electron chi connectivity index (χ4n) is 6.01. The number of nitrogens with one attached hydrogen (secondary N) is 2. The maximum Gasteiger partial charge on any atom is 0.127 e. The third-order valence-electron chi connectivity index (χ3n) is 8.19. The van der Waals surface area contributed by atoms with Crippen molar-refractivity contribution in [3.05, 3.63) is 93.8 Å². The van der Waals surface area contributed by atoms with Crippen molar-refractivity contribution < 1.29 is 18.3 Å². The molecular weight excluding hydrogens is 568 g/mol. The van der Waals surface area contributed by atoms with E-state index in [1.165, 1.54) is 18.3 Å². The molecule has 0 radical (unpaired) electrons. The second-order valence-electron chi connectivity index (χ2n) is 11.2. The summed E-state index contributed by atoms with van der Waals surface area (Å²) in [5.74, 6) is 0.402. The lowest BCUT2D eigenvalue weighted by molar-refractivity contribution is 0.0343. The molecule has 2 fully saturated rings. The van der Waals surface area contributed by atoms with E-state index in [1.807, 2.05) is 30.3 Å². The van der Waals surface area contributed by atoms with Crippen LogP contribution in [0.3, 0.4) is 0 Å². The SMILES string of the molecule is CC/C(=C(\c1ccc(NC2CCCCO2)c(C=N)c1)c1ccc(F)cc1Cl)c1ccc(OC2CCN(CCCF)C2)cc1. The number of hydrogen-bond acceptors (Lipinski definition) is 5. The lowest BCUT2D eigenvalue weighted by Gasteiger charge is -2.25. The topological polar surface area (TPSA) is 57.6 Å². The zero-order chi connectivity index (χ0) is 30.2. The van der Waals surface area contributed by atoms with Gasteiger partial charge in [-0.15, -0.1) is 0 Å². The highest BCUT2D eigenvalue weighted by molar-refractivity contribution is 6.33. The monoisotopic (exact) mass is 607 g/mol. The van der Waals surface area contributed by atoms with Crippen LogP contribution in [-0.4, -0.2) is 56.4 Å². The average molecular weight is 608 g/mol. The molecule has 0 amide bonds. The summed E-state index contributed by atoms with van der Waals surface area (Å²) in [6.45, 7) is 5.03. The Morgan fingerprint density at radius 1 is 1.09 bits per heavy atom. The van der Waals surface area contributed by atoms with E-state index in [2.05, 4.69) is 29.3 Å². The number of hydrogen-bond donors (Lipinski definition) is 2. The van der Waals surface area contributed by atoms with E-state index in [9.17, 15) is 8.78 Å². The molecule has 0 saturated carbocycles. The van der Waals surface area contributed by atoms with Crippen molar-refractivity contribution >= 4 is 34.6 Å². The lowest BCUT2D eigenvalue weighted by Crippen LogP contribution is -2.27. The molecule has 0 spiro atoms. The fourth-order valence-corrected chi connectivity index (χ4v) is 6.28. The number of alkyl halides is 1. The van der Waals surface area contributed by atoms with Gasteiger partial charge in [0.05, 0.1) is 11.7 Å². The molecule has 43 heavy (non-hydrogen) atoms. The molecule has 2 saturated heterocycles. The predicted octanol–water partition coefficient (Wildman–Crippen LogP) is 8.60. The average Bonchev–Trinajstić information content (AvgIpc) is 3.47. The van der Waals surface area contributed by atoms with Crippen LogP contribution in [-0.2, 0) is 4.74 Å². The minimum absolute atomic E-state index is 0.0748. The van der Waals surface area contributed by atoms with Gasteiger partial charge in [-0.2, -0.15) is 0 Å². The second-order valence-corrected chi connectivity index (χ2v) is 11.6. The van der Waals surface area contributed by atoms with Gasteiger partial charge in [-0.3, -0.25) is 9.29 Å². The third-order valence-corrected chi connectivity index (χ3v) is 8.50. The third kappa shape index (κ3) is 7.83. The van der Waals surface area contributed by atoms with Gasteiger partial charge in [0.15, 0.2) is 0 Å². The van der Waals surface area contributed by atoms with Crippen LogP contribution in [0.1, 0.15) is 67.7 Å². The first-order chi connectivity index (χ1) is 21.0. The van der Waals surface area contributed by atoms with E-state index in [0.29, 0.717) is 17.9 Å². The highest BCUT2D eigenvalue weighted by atomic mass is 35.5. The quantitative estimate of drug-likeness (QED) is 0.160. The standard InChI is InChI=1S/C35H40ClF2N3O2/c1-2-30(24-7-11-28(12-8-24)43-29-15-18-41(23-29)17-5-16-37)35(31-13-10-27(38)21-32(31)36)25-9-14-33(26(20-25)22-39)40-34-6-3-4-19-42-34/h7-14,20-22,29,34,39-40H,2-6,15-19,23H2,1H3/b35-30-,39-22?. The summed E-state index contributed by atoms with van der Waals surface area (Å²) in [4.78, 5) is 2.25. The molecule has 3 aromatic carbocycles. The molecule has 2 aliphatic heterocycles. The summed E-state index contributed by atoms with van der Waals surface area (Å²) in [7, 11) is 0. The van der Waals surface area contributed by atoms with Crippen molar-refractivity contribution in [3.8, 4) is 5.75 Å². The van der Waals surface area contributed by atoms with E-state index in [4.69, 9.17) is 26.5 Å². The van der Waals surface area contributed by atoms with Gasteiger partial charge in [0.25, 0.3) is 0 Å². The van der Waals surface area contributed by atoms with Crippen LogP contribution in [0.25, 0.3) is 11.1 Å². The van der Waals surface area contributed by atoms with Crippen LogP contribution in [0.15, 0.2) is 60.7 Å². The van der Waals surface area contributed by atoms with Crippen molar-refractivity contribution in [2.75, 3.05) is 38.2 Å². The maximum absolute atomic E-state index is 14.1. The molecular formula is C35H40ClF2N3O2. The normalized spacial score (nSPS) is 19.6. The molecule has 0 aromatic heterocycles. The van der Waals surface area contributed by atoms with Gasteiger partial charge in [0.2, 0.25) is 0 Å². The van der Waals surface area contributed by atoms with Crippen molar-refractivity contribution in [1.82, 2.24) is 4.90 Å². The molecule has 228 valence electrons. The molecule has 5 rings (SSSR count). The van der Waals surface area contributed by atoms with E-state index >= 15 is 0 Å². The smallest absolute Gasteiger partial charge is 0.127 e. The van der Waals surface area contributed by atoms with Crippen LogP contribution in [0.4, 0.5) is 14.5 Å². The number of rotatable bonds is 12. The van der Waals surface area contributed by atoms with E-state index < -0.39 is 5.82 Å². The Morgan fingerprint density at radius 2 is 1.91 bits per heavy atom. The Hall–Kier alpha value is -3.26. The number of anilines is 1. The number of likely N-dealkylation sites (tertiary alicyclic amines) is 1. The van der Waals surface area contributed by atoms with Gasteiger partial charge in [-0.05, 0) is 103 Å². The Morgan fingerprint density at radius 3 is 2.60 bits per heavy atom. The summed E-state index contributed by atoms with van der Waals surface area (Å²) in [6, 6.07) is 18.5. The van der Waals surface area contributed by atoms with Crippen LogP contribution in [0.5, 0.6) is 5.75 Å². The van der Waals surface area contributed by atoms with Gasteiger partial charge in [-0.1, -0.05) is 36.7 Å². The van der Waals surface area contributed by atoms with Crippen LogP contribution in [0, 0.1) is 11.2 Å². The van der Waals surface area contributed by atoms with Gasteiger partial charge >= 0.3 is 0 Å². The number of halogens is 3. The summed E-state index contributed by atoms with van der Waals surface area (Å²) in [6.07, 6.45) is 6.64. The minimum Gasteiger partial charge on any atom is -0.489 e. The second kappa shape index (κ2) is 15.0. The molecule has 2 unspecified atom stereocenters. The minimum atomic E-state index is -0.393. The zero-order valence-corrected chi connectivity index (χ0v) is 25.4. The Kier molecular flexibility index (Phi) is 10.8. The molecule has 8 heteroatoms. The Balaban J connectivity index is 1.47. The molecule has 5 nitrogen and oxygen atoms in total. The summed E-state index contributed by atoms with van der Waals surface area (Å²) >= 11 is 6.67. The summed E-state index contributed by atoms with van der Waals surface area (Å²) in [5.41, 5.74) is 6.14. The molecule has 2 aliphatic rings. The van der Waals surface area contributed by atoms with Crippen LogP contribution < -0.4 is 10.1 Å². The van der Waals surface area contributed by atoms with Crippen molar-refractivity contribution in [3.63, 3.8) is 0 Å². The fraction of sp³-hybridized carbons (Fsp3) is 0.400. The van der Waals surface area contributed by atoms with E-state index in [0.717, 1.165) is 96.8 Å². The van der Waals surface area contributed by atoms with Gasteiger partial charge in [0, 0.05) is 49.3 Å². The summed E-state index contributed by atoms with van der Waals surface area (Å²) in [5, 5.41) is 11.9. The van der Waals surface area contributed by atoms with Gasteiger partial charge < -0.3 is 20.2 Å². The highest BCUT2D eigenvalue weighted by Crippen LogP contribution is 2.39. The maximum atomic E-state index is 14.1. The molecule has 0 aliphatic carbocycles. The molecule has 2 atom stereocenters. The molecule has 0 bridgehead atoms. The Bertz CT molecular complexity index is 1420. The first kappa shape index (κ1) is 31.2. The number of benzene rings is 3. The lowest BCUT2D eigenvalue weighted by atomic mass is 9.87. The number of ether oxygens (including phenoxy) is 2. The largest absolute Gasteiger partial charge is 0.489 e. The number of nitrogens with zero attached hydrogens (tertiary/aromatic N) is 1. The summed E-state index contributed by atoms with van der Waals surface area (Å²) < 4.78 is 38.8. The van der Waals surface area contributed by atoms with Crippen molar-refractivity contribution in [2.24, 2.45) is 0 Å². The highest BCUT2D eigenvalue weighted by Gasteiger charge is 2.24. The van der Waals surface area contributed by atoms with Crippen molar-refractivity contribution in [1.29, 1.82) is 5.41 Å². The van der Waals surface area contributed by atoms with Crippen LogP contribution in [0.2, 0.25) is 5.02 Å². The molecule has 2 N–H and O–H groups in total. The Labute approximate surface area is 258 Å². The molecule has 2 heterocycles.